The van der Waals surface area contributed by atoms with Gasteiger partial charge in [-0.15, -0.1) is 0 Å². The van der Waals surface area contributed by atoms with Gasteiger partial charge in [-0.3, -0.25) is 9.80 Å². The molecule has 0 aliphatic carbocycles. The molecule has 1 aliphatic rings. The number of piperazine rings is 1. The van der Waals surface area contributed by atoms with Crippen LogP contribution in [0.25, 0.3) is 0 Å². The van der Waals surface area contributed by atoms with Crippen molar-refractivity contribution in [2.45, 2.75) is 91.6 Å². The molecule has 1 aliphatic heterocycles. The lowest BCUT2D eigenvalue weighted by Crippen LogP contribution is -2.48. The van der Waals surface area contributed by atoms with E-state index < -0.39 is 0 Å². The molecule has 2 heteroatoms. The molecule has 2 nitrogen and oxygen atoms in total. The van der Waals surface area contributed by atoms with Crippen molar-refractivity contribution in [3.63, 3.8) is 0 Å². The Hall–Kier alpha value is -0.860. The van der Waals surface area contributed by atoms with Gasteiger partial charge in [-0.1, -0.05) is 76.6 Å². The number of hydrogen-bond donors (Lipinski definition) is 0. The highest BCUT2D eigenvalue weighted by atomic mass is 15.3. The zero-order valence-corrected chi connectivity index (χ0v) is 18.6. The second-order valence-corrected chi connectivity index (χ2v) is 9.28. The van der Waals surface area contributed by atoms with Crippen molar-refractivity contribution in [1.82, 2.24) is 9.80 Å². The predicted octanol–water partition coefficient (Wildman–Crippen LogP) is 6.14. The Morgan fingerprint density at radius 2 is 1.41 bits per heavy atom. The summed E-state index contributed by atoms with van der Waals surface area (Å²) in [6.45, 7) is 15.3. The predicted molar refractivity (Wildman–Crippen MR) is 119 cm³/mol. The minimum Gasteiger partial charge on any atom is -0.298 e. The van der Waals surface area contributed by atoms with E-state index in [1.54, 1.807) is 0 Å². The molecule has 1 saturated heterocycles. The number of benzene rings is 1. The molecule has 0 N–H and O–H groups in total. The van der Waals surface area contributed by atoms with Crippen LogP contribution in [0.1, 0.15) is 83.8 Å². The minimum atomic E-state index is 0.686. The first-order valence-corrected chi connectivity index (χ1v) is 11.6. The van der Waals surface area contributed by atoms with E-state index in [1.807, 2.05) is 0 Å². The maximum Gasteiger partial charge on any atom is 0.0234 e. The number of aryl methyl sites for hydroxylation is 1. The number of unbranched alkanes of at least 4 members (excludes halogenated alkanes) is 5. The molecule has 0 spiro atoms. The number of hydrogen-bond acceptors (Lipinski definition) is 2. The monoisotopic (exact) mass is 372 g/mol. The standard InChI is InChI=1S/C25H44N2/c1-22(2)12-9-7-5-6-8-10-13-24-14-11-15-25(20-24)21-26-16-18-27(19-17-26)23(3)4/h11,14-15,20,22-23H,5-10,12-13,16-19,21H2,1-4H3. The fourth-order valence-electron chi connectivity index (χ4n) is 4.17. The fourth-order valence-corrected chi connectivity index (χ4v) is 4.17. The Labute approximate surface area is 169 Å². The molecule has 0 aromatic heterocycles. The van der Waals surface area contributed by atoms with Crippen molar-refractivity contribution in [3.8, 4) is 0 Å². The van der Waals surface area contributed by atoms with Crippen LogP contribution in [-0.2, 0) is 13.0 Å². The third kappa shape index (κ3) is 9.25. The van der Waals surface area contributed by atoms with Gasteiger partial charge >= 0.3 is 0 Å². The fraction of sp³-hybridized carbons (Fsp3) is 0.760. The van der Waals surface area contributed by atoms with Crippen molar-refractivity contribution in [2.75, 3.05) is 26.2 Å². The Bertz CT molecular complexity index is 501. The van der Waals surface area contributed by atoms with Crippen molar-refractivity contribution >= 4 is 0 Å². The molecule has 0 radical (unpaired) electrons. The smallest absolute Gasteiger partial charge is 0.0234 e. The SMILES string of the molecule is CC(C)CCCCCCCCc1cccc(CN2CCN(C(C)C)CC2)c1. The van der Waals surface area contributed by atoms with Crippen LogP contribution in [-0.4, -0.2) is 42.0 Å². The highest BCUT2D eigenvalue weighted by molar-refractivity contribution is 5.23. The lowest BCUT2D eigenvalue weighted by Gasteiger charge is -2.37. The van der Waals surface area contributed by atoms with Crippen molar-refractivity contribution in [1.29, 1.82) is 0 Å². The topological polar surface area (TPSA) is 6.48 Å². The van der Waals surface area contributed by atoms with E-state index in [9.17, 15) is 0 Å². The van der Waals surface area contributed by atoms with Gasteiger partial charge in [-0.2, -0.15) is 0 Å². The summed E-state index contributed by atoms with van der Waals surface area (Å²) < 4.78 is 0. The largest absolute Gasteiger partial charge is 0.298 e. The summed E-state index contributed by atoms with van der Waals surface area (Å²) in [6, 6.07) is 10.0. The average Bonchev–Trinajstić information content (AvgIpc) is 2.64. The van der Waals surface area contributed by atoms with E-state index in [0.29, 0.717) is 6.04 Å². The van der Waals surface area contributed by atoms with Crippen LogP contribution in [0.4, 0.5) is 0 Å². The molecule has 1 fully saturated rings. The summed E-state index contributed by atoms with van der Waals surface area (Å²) in [5, 5.41) is 0. The minimum absolute atomic E-state index is 0.686. The summed E-state index contributed by atoms with van der Waals surface area (Å²) in [5.41, 5.74) is 3.03. The van der Waals surface area contributed by atoms with E-state index in [0.717, 1.165) is 12.5 Å². The van der Waals surface area contributed by atoms with Crippen molar-refractivity contribution < 1.29 is 0 Å². The van der Waals surface area contributed by atoms with Crippen LogP contribution >= 0.6 is 0 Å². The van der Waals surface area contributed by atoms with Gasteiger partial charge in [0.1, 0.15) is 0 Å². The molecular formula is C25H44N2. The molecule has 1 aromatic rings. The van der Waals surface area contributed by atoms with Crippen LogP contribution in [0.5, 0.6) is 0 Å². The molecule has 1 aromatic carbocycles. The van der Waals surface area contributed by atoms with E-state index in [-0.39, 0.29) is 0 Å². The average molecular weight is 373 g/mol. The summed E-state index contributed by atoms with van der Waals surface area (Å²) in [4.78, 5) is 5.21. The van der Waals surface area contributed by atoms with Gasteiger partial charge in [0.05, 0.1) is 0 Å². The molecule has 0 amide bonds. The first-order chi connectivity index (χ1) is 13.0. The number of rotatable bonds is 12. The molecule has 1 heterocycles. The zero-order chi connectivity index (χ0) is 19.5. The van der Waals surface area contributed by atoms with Gasteiger partial charge in [-0.25, -0.2) is 0 Å². The maximum absolute atomic E-state index is 2.62. The molecule has 2 rings (SSSR count). The molecular weight excluding hydrogens is 328 g/mol. The molecule has 27 heavy (non-hydrogen) atoms. The van der Waals surface area contributed by atoms with Crippen LogP contribution in [0.2, 0.25) is 0 Å². The van der Waals surface area contributed by atoms with Crippen LogP contribution in [0, 0.1) is 5.92 Å². The quantitative estimate of drug-likeness (QED) is 0.406. The van der Waals surface area contributed by atoms with Gasteiger partial charge in [0, 0.05) is 38.8 Å². The molecule has 0 saturated carbocycles. The lowest BCUT2D eigenvalue weighted by molar-refractivity contribution is 0.104. The van der Waals surface area contributed by atoms with Crippen LogP contribution in [0.3, 0.4) is 0 Å². The lowest BCUT2D eigenvalue weighted by atomic mass is 10.0. The Morgan fingerprint density at radius 3 is 2.07 bits per heavy atom. The maximum atomic E-state index is 2.62. The van der Waals surface area contributed by atoms with Gasteiger partial charge in [0.15, 0.2) is 0 Å². The molecule has 0 unspecified atom stereocenters. The van der Waals surface area contributed by atoms with Crippen LogP contribution in [0.15, 0.2) is 24.3 Å². The Balaban J connectivity index is 1.61. The molecule has 0 atom stereocenters. The number of nitrogens with zero attached hydrogens (tertiary/aromatic N) is 2. The normalized spacial score (nSPS) is 16.5. The highest BCUT2D eigenvalue weighted by Crippen LogP contribution is 2.15. The van der Waals surface area contributed by atoms with E-state index >= 15 is 0 Å². The summed E-state index contributed by atoms with van der Waals surface area (Å²) in [6.07, 6.45) is 11.1. The third-order valence-corrected chi connectivity index (χ3v) is 6.03. The van der Waals surface area contributed by atoms with Crippen molar-refractivity contribution in [3.05, 3.63) is 35.4 Å². The second kappa shape index (κ2) is 12.6. The van der Waals surface area contributed by atoms with E-state index in [2.05, 4.69) is 61.8 Å². The van der Waals surface area contributed by atoms with E-state index in [1.165, 1.54) is 88.7 Å². The van der Waals surface area contributed by atoms with Gasteiger partial charge in [-0.05, 0) is 43.7 Å². The van der Waals surface area contributed by atoms with E-state index in [4.69, 9.17) is 0 Å². The Kier molecular flexibility index (Phi) is 10.4. The summed E-state index contributed by atoms with van der Waals surface area (Å²) in [5.74, 6) is 0.872. The Morgan fingerprint density at radius 1 is 0.778 bits per heavy atom. The van der Waals surface area contributed by atoms with Crippen LogP contribution < -0.4 is 0 Å². The second-order valence-electron chi connectivity index (χ2n) is 9.28. The van der Waals surface area contributed by atoms with Crippen molar-refractivity contribution in [2.24, 2.45) is 5.92 Å². The van der Waals surface area contributed by atoms with Gasteiger partial charge in [0.25, 0.3) is 0 Å². The third-order valence-electron chi connectivity index (χ3n) is 6.03. The van der Waals surface area contributed by atoms with Gasteiger partial charge in [0.2, 0.25) is 0 Å². The first-order valence-electron chi connectivity index (χ1n) is 11.6. The zero-order valence-electron chi connectivity index (χ0n) is 18.6. The first kappa shape index (κ1) is 22.4. The summed E-state index contributed by atoms with van der Waals surface area (Å²) >= 11 is 0. The highest BCUT2D eigenvalue weighted by Gasteiger charge is 2.18. The molecule has 154 valence electrons. The summed E-state index contributed by atoms with van der Waals surface area (Å²) in [7, 11) is 0. The molecule has 0 bridgehead atoms. The van der Waals surface area contributed by atoms with Gasteiger partial charge < -0.3 is 0 Å².